The number of carbonyl (C=O) groups excluding carboxylic acids is 2. The van der Waals surface area contributed by atoms with Crippen LogP contribution in [0, 0.1) is 0 Å². The Kier molecular flexibility index (Phi) is 7.73. The summed E-state index contributed by atoms with van der Waals surface area (Å²) in [7, 11) is 0. The summed E-state index contributed by atoms with van der Waals surface area (Å²) < 4.78 is 0. The van der Waals surface area contributed by atoms with Gasteiger partial charge in [-0.25, -0.2) is 0 Å². The number of Topliss-reactive ketones (excluding diaryl/α,β-unsaturated/α-hetero) is 2. The Balaban J connectivity index is 1.65. The number of nitrogens with one attached hydrogen (secondary N) is 2. The van der Waals surface area contributed by atoms with E-state index in [1.807, 2.05) is 24.3 Å². The normalized spacial score (nSPS) is 11.9. The minimum Gasteiger partial charge on any atom is -0.317 e. The van der Waals surface area contributed by atoms with Crippen LogP contribution in [-0.4, -0.2) is 37.7 Å². The van der Waals surface area contributed by atoms with E-state index >= 15 is 0 Å². The minimum atomic E-state index is 0.207. The molecule has 0 saturated carbocycles. The van der Waals surface area contributed by atoms with Gasteiger partial charge in [0.1, 0.15) is 0 Å². The zero-order valence-electron chi connectivity index (χ0n) is 17.6. The van der Waals surface area contributed by atoms with E-state index in [-0.39, 0.29) is 11.6 Å². The molecule has 154 valence electrons. The highest BCUT2D eigenvalue weighted by Crippen LogP contribution is 2.37. The molecule has 0 bridgehead atoms. The van der Waals surface area contributed by atoms with Crippen LogP contribution in [0.1, 0.15) is 71.4 Å². The van der Waals surface area contributed by atoms with Crippen LogP contribution in [0.3, 0.4) is 0 Å². The predicted octanol–water partition coefficient (Wildman–Crippen LogP) is 4.40. The molecule has 29 heavy (non-hydrogen) atoms. The molecule has 0 aromatic heterocycles. The summed E-state index contributed by atoms with van der Waals surface area (Å²) in [4.78, 5) is 25.0. The molecule has 2 N–H and O–H groups in total. The lowest BCUT2D eigenvalue weighted by Crippen LogP contribution is -2.15. The molecular weight excluding hydrogens is 360 g/mol. The molecule has 0 amide bonds. The van der Waals surface area contributed by atoms with Gasteiger partial charge in [0.15, 0.2) is 11.6 Å². The summed E-state index contributed by atoms with van der Waals surface area (Å²) >= 11 is 0. The van der Waals surface area contributed by atoms with Crippen LogP contribution < -0.4 is 10.6 Å². The molecule has 1 aliphatic carbocycles. The molecule has 1 aliphatic rings. The highest BCUT2D eigenvalue weighted by molar-refractivity contribution is 5.99. The summed E-state index contributed by atoms with van der Waals surface area (Å²) in [5, 5.41) is 6.52. The van der Waals surface area contributed by atoms with E-state index in [0.29, 0.717) is 12.8 Å². The van der Waals surface area contributed by atoms with Crippen LogP contribution in [0.25, 0.3) is 11.1 Å². The SMILES string of the molecule is CCNCCCC(=O)c1ccc2c(c1)Cc1cc(C(=O)CCCNCC)ccc1-2. The zero-order chi connectivity index (χ0) is 20.6. The Labute approximate surface area is 174 Å². The quantitative estimate of drug-likeness (QED) is 0.354. The third-order valence-electron chi connectivity index (χ3n) is 5.54. The number of ketones is 2. The molecule has 0 spiro atoms. The second-order valence-corrected chi connectivity index (χ2v) is 7.68. The van der Waals surface area contributed by atoms with E-state index in [1.165, 1.54) is 22.3 Å². The van der Waals surface area contributed by atoms with Crippen molar-refractivity contribution in [2.24, 2.45) is 0 Å². The van der Waals surface area contributed by atoms with Crippen molar-refractivity contribution in [2.45, 2.75) is 46.0 Å². The topological polar surface area (TPSA) is 58.2 Å². The third kappa shape index (κ3) is 5.40. The van der Waals surface area contributed by atoms with Crippen molar-refractivity contribution in [3.8, 4) is 11.1 Å². The van der Waals surface area contributed by atoms with Crippen molar-refractivity contribution in [3.05, 3.63) is 58.7 Å². The lowest BCUT2D eigenvalue weighted by molar-refractivity contribution is 0.0972. The van der Waals surface area contributed by atoms with Crippen LogP contribution in [0.5, 0.6) is 0 Å². The number of hydrogen-bond donors (Lipinski definition) is 2. The van der Waals surface area contributed by atoms with E-state index < -0.39 is 0 Å². The van der Waals surface area contributed by atoms with Gasteiger partial charge in [-0.15, -0.1) is 0 Å². The second kappa shape index (κ2) is 10.5. The molecule has 0 heterocycles. The number of fused-ring (bicyclic) bond motifs is 3. The third-order valence-corrected chi connectivity index (χ3v) is 5.54. The fraction of sp³-hybridized carbons (Fsp3) is 0.440. The Bertz CT molecular complexity index is 802. The lowest BCUT2D eigenvalue weighted by atomic mass is 9.98. The first-order chi connectivity index (χ1) is 14.1. The molecule has 2 aromatic rings. The number of hydrogen-bond acceptors (Lipinski definition) is 4. The lowest BCUT2D eigenvalue weighted by Gasteiger charge is -2.06. The Morgan fingerprint density at radius 3 is 1.62 bits per heavy atom. The van der Waals surface area contributed by atoms with Gasteiger partial charge in [-0.05, 0) is 79.8 Å². The van der Waals surface area contributed by atoms with E-state index in [2.05, 4.69) is 36.6 Å². The van der Waals surface area contributed by atoms with Crippen molar-refractivity contribution in [1.82, 2.24) is 10.6 Å². The molecule has 0 unspecified atom stereocenters. The summed E-state index contributed by atoms with van der Waals surface area (Å²) in [5.41, 5.74) is 6.36. The van der Waals surface area contributed by atoms with E-state index in [9.17, 15) is 9.59 Å². The molecule has 0 radical (unpaired) electrons. The maximum atomic E-state index is 12.5. The Hall–Kier alpha value is -2.30. The fourth-order valence-electron chi connectivity index (χ4n) is 3.95. The van der Waals surface area contributed by atoms with Gasteiger partial charge in [0.05, 0.1) is 0 Å². The second-order valence-electron chi connectivity index (χ2n) is 7.68. The van der Waals surface area contributed by atoms with Gasteiger partial charge < -0.3 is 10.6 Å². The van der Waals surface area contributed by atoms with Crippen LogP contribution in [0.2, 0.25) is 0 Å². The Morgan fingerprint density at radius 1 is 0.759 bits per heavy atom. The average molecular weight is 393 g/mol. The van der Waals surface area contributed by atoms with Gasteiger partial charge in [0, 0.05) is 24.0 Å². The molecule has 0 atom stereocenters. The van der Waals surface area contributed by atoms with Gasteiger partial charge in [0.25, 0.3) is 0 Å². The molecule has 3 rings (SSSR count). The molecule has 0 saturated heterocycles. The van der Waals surface area contributed by atoms with Crippen LogP contribution in [0.15, 0.2) is 36.4 Å². The van der Waals surface area contributed by atoms with E-state index in [0.717, 1.165) is 56.6 Å². The highest BCUT2D eigenvalue weighted by Gasteiger charge is 2.21. The summed E-state index contributed by atoms with van der Waals surface area (Å²) in [5.74, 6) is 0.413. The monoisotopic (exact) mass is 392 g/mol. The highest BCUT2D eigenvalue weighted by atomic mass is 16.1. The molecular formula is C25H32N2O2. The van der Waals surface area contributed by atoms with Crippen molar-refractivity contribution in [2.75, 3.05) is 26.2 Å². The van der Waals surface area contributed by atoms with Gasteiger partial charge in [-0.2, -0.15) is 0 Å². The van der Waals surface area contributed by atoms with E-state index in [1.54, 1.807) is 0 Å². The summed E-state index contributed by atoms with van der Waals surface area (Å²) in [6, 6.07) is 12.1. The van der Waals surface area contributed by atoms with Crippen molar-refractivity contribution >= 4 is 11.6 Å². The molecule has 2 aromatic carbocycles. The first-order valence-electron chi connectivity index (χ1n) is 10.9. The van der Waals surface area contributed by atoms with Crippen LogP contribution in [0.4, 0.5) is 0 Å². The fourth-order valence-corrected chi connectivity index (χ4v) is 3.95. The van der Waals surface area contributed by atoms with E-state index in [4.69, 9.17) is 0 Å². The molecule has 0 aliphatic heterocycles. The van der Waals surface area contributed by atoms with Crippen molar-refractivity contribution < 1.29 is 9.59 Å². The standard InChI is InChI=1S/C25H32N2O2/c1-3-26-13-5-7-24(28)18-9-11-22-20(15-18)17-21-16-19(10-12-23(21)22)25(29)8-6-14-27-4-2/h9-12,15-16,26-27H,3-8,13-14,17H2,1-2H3. The zero-order valence-corrected chi connectivity index (χ0v) is 17.6. The Morgan fingerprint density at radius 2 is 1.21 bits per heavy atom. The van der Waals surface area contributed by atoms with Gasteiger partial charge in [-0.3, -0.25) is 9.59 Å². The van der Waals surface area contributed by atoms with Gasteiger partial charge >= 0.3 is 0 Å². The minimum absolute atomic E-state index is 0.207. The molecule has 4 nitrogen and oxygen atoms in total. The largest absolute Gasteiger partial charge is 0.317 e. The van der Waals surface area contributed by atoms with Crippen molar-refractivity contribution in [3.63, 3.8) is 0 Å². The maximum Gasteiger partial charge on any atom is 0.162 e. The first kappa shape index (κ1) is 21.4. The summed E-state index contributed by atoms with van der Waals surface area (Å²) in [6.07, 6.45) is 3.67. The number of carbonyl (C=O) groups is 2. The number of rotatable bonds is 12. The average Bonchev–Trinajstić information content (AvgIpc) is 3.10. The van der Waals surface area contributed by atoms with Crippen LogP contribution >= 0.6 is 0 Å². The smallest absolute Gasteiger partial charge is 0.162 e. The number of benzene rings is 2. The maximum absolute atomic E-state index is 12.5. The van der Waals surface area contributed by atoms with Crippen molar-refractivity contribution in [1.29, 1.82) is 0 Å². The summed E-state index contributed by atoms with van der Waals surface area (Å²) in [6.45, 7) is 7.77. The molecule has 0 fully saturated rings. The van der Waals surface area contributed by atoms with Gasteiger partial charge in [-0.1, -0.05) is 38.1 Å². The first-order valence-corrected chi connectivity index (χ1v) is 10.9. The van der Waals surface area contributed by atoms with Gasteiger partial charge in [0.2, 0.25) is 0 Å². The molecule has 4 heteroatoms. The predicted molar refractivity (Wildman–Crippen MR) is 119 cm³/mol. The van der Waals surface area contributed by atoms with Crippen LogP contribution in [-0.2, 0) is 6.42 Å².